The van der Waals surface area contributed by atoms with Gasteiger partial charge in [0.15, 0.2) is 11.9 Å². The highest BCUT2D eigenvalue weighted by Gasteiger charge is 2.13. The van der Waals surface area contributed by atoms with E-state index in [0.29, 0.717) is 26.8 Å². The predicted molar refractivity (Wildman–Crippen MR) is 65.3 cm³/mol. The Kier molecular flexibility index (Phi) is 2.86. The average molecular weight is 302 g/mol. The van der Waals surface area contributed by atoms with Crippen LogP contribution in [0.5, 0.6) is 0 Å². The van der Waals surface area contributed by atoms with E-state index in [1.165, 1.54) is 6.07 Å². The number of hydrogen-bond donors (Lipinski definition) is 0. The fraction of sp³-hybridized carbons (Fsp3) is 0.0909. The van der Waals surface area contributed by atoms with E-state index in [1.807, 2.05) is 0 Å². The third kappa shape index (κ3) is 1.58. The molecule has 0 unspecified atom stereocenters. The number of halogens is 2. The van der Waals surface area contributed by atoms with E-state index in [-0.39, 0.29) is 11.0 Å². The molecule has 0 saturated heterocycles. The summed E-state index contributed by atoms with van der Waals surface area (Å²) >= 11 is 9.27. The van der Waals surface area contributed by atoms with Crippen molar-refractivity contribution in [3.05, 3.63) is 43.2 Å². The largest absolute Gasteiger partial charge is 0.462 e. The second kappa shape index (κ2) is 4.03. The van der Waals surface area contributed by atoms with Gasteiger partial charge >= 0.3 is 0 Å². The lowest BCUT2D eigenvalue weighted by molar-refractivity contribution is 0.112. The molecule has 1 heterocycles. The van der Waals surface area contributed by atoms with Crippen molar-refractivity contribution in [3.63, 3.8) is 0 Å². The Labute approximate surface area is 104 Å². The second-order valence-electron chi connectivity index (χ2n) is 3.31. The first-order valence-electron chi connectivity index (χ1n) is 4.41. The normalized spacial score (nSPS) is 10.7. The zero-order valence-corrected chi connectivity index (χ0v) is 10.6. The monoisotopic (exact) mass is 300 g/mol. The molecule has 3 nitrogen and oxygen atoms in total. The van der Waals surface area contributed by atoms with Gasteiger partial charge in [0.05, 0.1) is 15.4 Å². The Morgan fingerprint density at radius 1 is 1.50 bits per heavy atom. The first-order valence-corrected chi connectivity index (χ1v) is 5.58. The van der Waals surface area contributed by atoms with Crippen LogP contribution in [0.15, 0.2) is 26.0 Å². The Bertz CT molecular complexity index is 646. The highest BCUT2D eigenvalue weighted by Crippen LogP contribution is 2.31. The van der Waals surface area contributed by atoms with Gasteiger partial charge in [-0.3, -0.25) is 9.59 Å². The van der Waals surface area contributed by atoms with E-state index in [0.717, 1.165) is 11.8 Å². The van der Waals surface area contributed by atoms with Crippen LogP contribution in [-0.4, -0.2) is 6.29 Å². The van der Waals surface area contributed by atoms with Crippen LogP contribution in [-0.2, 0) is 0 Å². The Balaban J connectivity index is 3.02. The smallest absolute Gasteiger partial charge is 0.203 e. The summed E-state index contributed by atoms with van der Waals surface area (Å²) in [6, 6.07) is 1.51. The molecule has 2 rings (SSSR count). The van der Waals surface area contributed by atoms with Crippen molar-refractivity contribution < 1.29 is 9.21 Å². The highest BCUT2D eigenvalue weighted by atomic mass is 79.9. The fourth-order valence-electron chi connectivity index (χ4n) is 1.39. The van der Waals surface area contributed by atoms with Crippen molar-refractivity contribution in [3.8, 4) is 0 Å². The molecule has 0 saturated carbocycles. The number of fused-ring (bicyclic) bond motifs is 1. The molecule has 5 heteroatoms. The minimum absolute atomic E-state index is 0.0145. The van der Waals surface area contributed by atoms with E-state index >= 15 is 0 Å². The Morgan fingerprint density at radius 2 is 2.19 bits per heavy atom. The molecule has 0 atom stereocenters. The van der Waals surface area contributed by atoms with E-state index in [2.05, 4.69) is 15.9 Å². The third-order valence-corrected chi connectivity index (χ3v) is 3.69. The lowest BCUT2D eigenvalue weighted by Gasteiger charge is -2.05. The van der Waals surface area contributed by atoms with Gasteiger partial charge in [-0.1, -0.05) is 11.6 Å². The van der Waals surface area contributed by atoms with Gasteiger partial charge in [-0.25, -0.2) is 0 Å². The van der Waals surface area contributed by atoms with Crippen LogP contribution in [0, 0.1) is 6.92 Å². The van der Waals surface area contributed by atoms with Gasteiger partial charge in [0.2, 0.25) is 5.43 Å². The molecule has 0 aliphatic carbocycles. The number of carbonyl (C=O) groups is 1. The summed E-state index contributed by atoms with van der Waals surface area (Å²) in [4.78, 5) is 22.4. The van der Waals surface area contributed by atoms with Crippen LogP contribution in [0.1, 0.15) is 15.9 Å². The van der Waals surface area contributed by atoms with E-state index < -0.39 is 0 Å². The van der Waals surface area contributed by atoms with Crippen molar-refractivity contribution in [1.82, 2.24) is 0 Å². The van der Waals surface area contributed by atoms with Crippen molar-refractivity contribution in [1.29, 1.82) is 0 Å². The van der Waals surface area contributed by atoms with Gasteiger partial charge < -0.3 is 4.42 Å². The molecule has 0 bridgehead atoms. The minimum atomic E-state index is -0.376. The number of carbonyl (C=O) groups excluding carboxylic acids is 1. The topological polar surface area (TPSA) is 47.3 Å². The molecule has 16 heavy (non-hydrogen) atoms. The minimum Gasteiger partial charge on any atom is -0.462 e. The number of hydrogen-bond acceptors (Lipinski definition) is 3. The molecule has 82 valence electrons. The van der Waals surface area contributed by atoms with Gasteiger partial charge in [0.25, 0.3) is 0 Å². The van der Waals surface area contributed by atoms with E-state index in [4.69, 9.17) is 16.0 Å². The molecular formula is C11H6BrClO3. The molecule has 0 aliphatic rings. The van der Waals surface area contributed by atoms with Crippen LogP contribution in [0.3, 0.4) is 0 Å². The second-order valence-corrected chi connectivity index (χ2v) is 4.51. The Hall–Kier alpha value is -1.13. The van der Waals surface area contributed by atoms with Gasteiger partial charge in [-0.15, -0.1) is 0 Å². The van der Waals surface area contributed by atoms with Crippen LogP contribution in [0.25, 0.3) is 11.0 Å². The quantitative estimate of drug-likeness (QED) is 0.759. The first-order chi connectivity index (χ1) is 7.56. The van der Waals surface area contributed by atoms with Crippen LogP contribution in [0.2, 0.25) is 5.02 Å². The lowest BCUT2D eigenvalue weighted by atomic mass is 10.1. The summed E-state index contributed by atoms with van der Waals surface area (Å²) < 4.78 is 5.87. The highest BCUT2D eigenvalue weighted by molar-refractivity contribution is 9.10. The van der Waals surface area contributed by atoms with Gasteiger partial charge in [-0.05, 0) is 34.5 Å². The predicted octanol–water partition coefficient (Wildman–Crippen LogP) is 3.33. The molecular weight excluding hydrogens is 295 g/mol. The summed E-state index contributed by atoms with van der Waals surface area (Å²) in [5.74, 6) is 0. The summed E-state index contributed by atoms with van der Waals surface area (Å²) in [6.45, 7) is 1.81. The van der Waals surface area contributed by atoms with Crippen molar-refractivity contribution in [2.45, 2.75) is 6.92 Å². The summed E-state index contributed by atoms with van der Waals surface area (Å²) in [5, 5.41) is 0.752. The molecule has 2 aromatic rings. The molecule has 0 fully saturated rings. The lowest BCUT2D eigenvalue weighted by Crippen LogP contribution is -2.08. The van der Waals surface area contributed by atoms with E-state index in [1.54, 1.807) is 6.92 Å². The fourth-order valence-corrected chi connectivity index (χ4v) is 2.23. The molecule has 0 amide bonds. The third-order valence-electron chi connectivity index (χ3n) is 2.34. The van der Waals surface area contributed by atoms with E-state index in [9.17, 15) is 9.59 Å². The zero-order chi connectivity index (χ0) is 11.9. The van der Waals surface area contributed by atoms with Crippen LogP contribution < -0.4 is 5.43 Å². The van der Waals surface area contributed by atoms with Crippen LogP contribution in [0.4, 0.5) is 0 Å². The molecule has 0 radical (unpaired) electrons. The first kappa shape index (κ1) is 11.4. The van der Waals surface area contributed by atoms with Crippen molar-refractivity contribution >= 4 is 44.8 Å². The molecule has 1 aromatic heterocycles. The maximum absolute atomic E-state index is 11.8. The maximum atomic E-state index is 11.8. The standard InChI is InChI=1S/C11H6BrClO3/c1-5-8(13)2-7-10(15)6(3-14)4-16-11(7)9(5)12/h2-4H,1H3. The maximum Gasteiger partial charge on any atom is 0.203 e. The number of rotatable bonds is 1. The summed E-state index contributed by atoms with van der Waals surface area (Å²) in [6.07, 6.45) is 1.61. The van der Waals surface area contributed by atoms with Gasteiger partial charge in [-0.2, -0.15) is 0 Å². The zero-order valence-electron chi connectivity index (χ0n) is 8.21. The molecule has 1 aromatic carbocycles. The number of benzene rings is 1. The average Bonchev–Trinajstić information content (AvgIpc) is 2.28. The van der Waals surface area contributed by atoms with Crippen molar-refractivity contribution in [2.24, 2.45) is 0 Å². The summed E-state index contributed by atoms with van der Waals surface area (Å²) in [7, 11) is 0. The molecule has 0 N–H and O–H groups in total. The van der Waals surface area contributed by atoms with Gasteiger partial charge in [0.1, 0.15) is 6.26 Å². The SMILES string of the molecule is Cc1c(Cl)cc2c(=O)c(C=O)coc2c1Br. The van der Waals surface area contributed by atoms with Crippen LogP contribution >= 0.6 is 27.5 Å². The summed E-state index contributed by atoms with van der Waals surface area (Å²) in [5.41, 5.74) is 0.798. The number of aldehydes is 1. The molecule has 0 aliphatic heterocycles. The van der Waals surface area contributed by atoms with Crippen molar-refractivity contribution in [2.75, 3.05) is 0 Å². The van der Waals surface area contributed by atoms with Gasteiger partial charge in [0, 0.05) is 5.02 Å². The molecule has 0 spiro atoms. The Morgan fingerprint density at radius 3 is 2.81 bits per heavy atom.